The quantitative estimate of drug-likeness (QED) is 0.391. The van der Waals surface area contributed by atoms with Crippen LogP contribution in [0.15, 0.2) is 29.6 Å². The molecule has 2 aromatic rings. The van der Waals surface area contributed by atoms with Gasteiger partial charge in [0.1, 0.15) is 5.71 Å². The van der Waals surface area contributed by atoms with Crippen molar-refractivity contribution in [3.8, 4) is 0 Å². The molecule has 2 rings (SSSR count). The van der Waals surface area contributed by atoms with Gasteiger partial charge in [-0.1, -0.05) is 25.1 Å². The topological polar surface area (TPSA) is 67.0 Å². The summed E-state index contributed by atoms with van der Waals surface area (Å²) in [7, 11) is 0. The Hall–Kier alpha value is -2.17. The Bertz CT molecular complexity index is 626. The second-order valence-corrected chi connectivity index (χ2v) is 4.46. The SMILES string of the molecule is C/C(=N\O)C(=O)c1c(C(C)C)nn2ccccc12. The van der Waals surface area contributed by atoms with E-state index in [-0.39, 0.29) is 17.4 Å². The van der Waals surface area contributed by atoms with Gasteiger partial charge in [-0.2, -0.15) is 5.10 Å². The molecule has 0 bridgehead atoms. The number of hydrogen-bond donors (Lipinski definition) is 1. The van der Waals surface area contributed by atoms with Crippen molar-refractivity contribution in [3.63, 3.8) is 0 Å². The number of nitrogens with zero attached hydrogens (tertiary/aromatic N) is 3. The molecular formula is C13H15N3O2. The third-order valence-electron chi connectivity index (χ3n) is 2.82. The summed E-state index contributed by atoms with van der Waals surface area (Å²) in [4.78, 5) is 12.2. The van der Waals surface area contributed by atoms with E-state index >= 15 is 0 Å². The number of aromatic nitrogens is 2. The molecule has 0 fully saturated rings. The van der Waals surface area contributed by atoms with Crippen molar-refractivity contribution in [2.75, 3.05) is 0 Å². The Kier molecular flexibility index (Phi) is 3.14. The molecule has 0 aromatic carbocycles. The van der Waals surface area contributed by atoms with Crippen LogP contribution in [0.3, 0.4) is 0 Å². The lowest BCUT2D eigenvalue weighted by atomic mass is 9.99. The van der Waals surface area contributed by atoms with Crippen molar-refractivity contribution in [2.45, 2.75) is 26.7 Å². The van der Waals surface area contributed by atoms with Crippen LogP contribution >= 0.6 is 0 Å². The highest BCUT2D eigenvalue weighted by Crippen LogP contribution is 2.23. The number of hydrogen-bond acceptors (Lipinski definition) is 4. The average molecular weight is 245 g/mol. The highest BCUT2D eigenvalue weighted by Gasteiger charge is 2.23. The molecule has 18 heavy (non-hydrogen) atoms. The van der Waals surface area contributed by atoms with E-state index in [1.54, 1.807) is 10.7 Å². The lowest BCUT2D eigenvalue weighted by molar-refractivity contribution is 0.106. The summed E-state index contributed by atoms with van der Waals surface area (Å²) in [5.41, 5.74) is 2.03. The van der Waals surface area contributed by atoms with Crippen LogP contribution in [-0.4, -0.2) is 26.3 Å². The van der Waals surface area contributed by atoms with Crippen LogP contribution < -0.4 is 0 Å². The van der Waals surface area contributed by atoms with Gasteiger partial charge in [-0.05, 0) is 25.0 Å². The van der Waals surface area contributed by atoms with Crippen LogP contribution in [0.1, 0.15) is 42.7 Å². The number of Topliss-reactive ketones (excluding diaryl/α,β-unsaturated/α-hetero) is 1. The molecule has 5 nitrogen and oxygen atoms in total. The zero-order valence-corrected chi connectivity index (χ0v) is 10.6. The number of ketones is 1. The molecule has 0 saturated heterocycles. The van der Waals surface area contributed by atoms with Gasteiger partial charge < -0.3 is 5.21 Å². The number of fused-ring (bicyclic) bond motifs is 1. The van der Waals surface area contributed by atoms with Crippen molar-refractivity contribution in [2.24, 2.45) is 5.16 Å². The normalized spacial score (nSPS) is 12.3. The lowest BCUT2D eigenvalue weighted by Gasteiger charge is -2.03. The molecule has 0 aliphatic carbocycles. The fourth-order valence-corrected chi connectivity index (χ4v) is 1.88. The van der Waals surface area contributed by atoms with Crippen molar-refractivity contribution < 1.29 is 10.0 Å². The maximum absolute atomic E-state index is 12.2. The minimum Gasteiger partial charge on any atom is -0.411 e. The number of carbonyl (C=O) groups excluding carboxylic acids is 1. The van der Waals surface area contributed by atoms with Gasteiger partial charge in [0.05, 0.1) is 16.8 Å². The standard InChI is InChI=1S/C13H15N3O2/c1-8(2)12-11(13(17)9(3)15-18)10-6-4-5-7-16(10)14-12/h4-8,18H,1-3H3/b15-9+. The summed E-state index contributed by atoms with van der Waals surface area (Å²) >= 11 is 0. The van der Waals surface area contributed by atoms with E-state index in [0.29, 0.717) is 11.3 Å². The first-order valence-electron chi connectivity index (χ1n) is 5.77. The Labute approximate surface area is 105 Å². The van der Waals surface area contributed by atoms with Crippen LogP contribution in [0.4, 0.5) is 0 Å². The summed E-state index contributed by atoms with van der Waals surface area (Å²) in [6.45, 7) is 5.44. The molecule has 0 amide bonds. The average Bonchev–Trinajstić information content (AvgIpc) is 2.76. The zero-order chi connectivity index (χ0) is 13.3. The van der Waals surface area contributed by atoms with Crippen LogP contribution in [0, 0.1) is 0 Å². The Morgan fingerprint density at radius 1 is 1.44 bits per heavy atom. The molecule has 94 valence electrons. The molecule has 0 saturated carbocycles. The smallest absolute Gasteiger partial charge is 0.214 e. The summed E-state index contributed by atoms with van der Waals surface area (Å²) in [5.74, 6) is -0.169. The van der Waals surface area contributed by atoms with Gasteiger partial charge in [0.15, 0.2) is 0 Å². The maximum Gasteiger partial charge on any atom is 0.214 e. The first-order chi connectivity index (χ1) is 8.56. The number of rotatable bonds is 3. The van der Waals surface area contributed by atoms with Gasteiger partial charge >= 0.3 is 0 Å². The lowest BCUT2D eigenvalue weighted by Crippen LogP contribution is -2.13. The van der Waals surface area contributed by atoms with E-state index in [4.69, 9.17) is 5.21 Å². The van der Waals surface area contributed by atoms with E-state index in [0.717, 1.165) is 5.52 Å². The molecule has 2 heterocycles. The van der Waals surface area contributed by atoms with Crippen molar-refractivity contribution in [3.05, 3.63) is 35.7 Å². The molecule has 1 N–H and O–H groups in total. The summed E-state index contributed by atoms with van der Waals surface area (Å²) in [5, 5.41) is 16.1. The van der Waals surface area contributed by atoms with Gasteiger partial charge in [-0.25, -0.2) is 4.52 Å². The monoisotopic (exact) mass is 245 g/mol. The van der Waals surface area contributed by atoms with Gasteiger partial charge in [0.2, 0.25) is 5.78 Å². The minimum absolute atomic E-state index is 0.0654. The molecule has 0 radical (unpaired) electrons. The zero-order valence-electron chi connectivity index (χ0n) is 10.6. The molecule has 0 aliphatic rings. The van der Waals surface area contributed by atoms with Crippen LogP contribution in [0.25, 0.3) is 5.52 Å². The summed E-state index contributed by atoms with van der Waals surface area (Å²) < 4.78 is 1.67. The first kappa shape index (κ1) is 12.3. The predicted octanol–water partition coefficient (Wildman–Crippen LogP) is 2.49. The largest absolute Gasteiger partial charge is 0.411 e. The first-order valence-corrected chi connectivity index (χ1v) is 5.77. The molecule has 0 spiro atoms. The predicted molar refractivity (Wildman–Crippen MR) is 68.5 cm³/mol. The Morgan fingerprint density at radius 2 is 2.17 bits per heavy atom. The van der Waals surface area contributed by atoms with Crippen molar-refractivity contribution >= 4 is 17.0 Å². The van der Waals surface area contributed by atoms with Crippen LogP contribution in [0.2, 0.25) is 0 Å². The van der Waals surface area contributed by atoms with Crippen molar-refractivity contribution in [1.82, 2.24) is 9.61 Å². The third-order valence-corrected chi connectivity index (χ3v) is 2.82. The van der Waals surface area contributed by atoms with E-state index in [9.17, 15) is 4.79 Å². The molecule has 5 heteroatoms. The van der Waals surface area contributed by atoms with Crippen molar-refractivity contribution in [1.29, 1.82) is 0 Å². The highest BCUT2D eigenvalue weighted by molar-refractivity contribution is 6.46. The molecular weight excluding hydrogens is 230 g/mol. The van der Waals surface area contributed by atoms with E-state index in [1.807, 2.05) is 32.0 Å². The van der Waals surface area contributed by atoms with E-state index < -0.39 is 0 Å². The molecule has 0 aliphatic heterocycles. The Balaban J connectivity index is 2.73. The number of oxime groups is 1. The van der Waals surface area contributed by atoms with Gasteiger partial charge in [0.25, 0.3) is 0 Å². The second-order valence-electron chi connectivity index (χ2n) is 4.46. The summed E-state index contributed by atoms with van der Waals surface area (Å²) in [6, 6.07) is 5.53. The van der Waals surface area contributed by atoms with Crippen LogP contribution in [0.5, 0.6) is 0 Å². The Morgan fingerprint density at radius 3 is 2.78 bits per heavy atom. The molecule has 2 aromatic heterocycles. The number of carbonyl (C=O) groups is 1. The summed E-state index contributed by atoms with van der Waals surface area (Å²) in [6.07, 6.45) is 1.80. The van der Waals surface area contributed by atoms with Gasteiger partial charge in [-0.3, -0.25) is 4.79 Å². The minimum atomic E-state index is -0.289. The van der Waals surface area contributed by atoms with Crippen LogP contribution in [-0.2, 0) is 0 Å². The fourth-order valence-electron chi connectivity index (χ4n) is 1.88. The second kappa shape index (κ2) is 4.60. The number of pyridine rings is 1. The maximum atomic E-state index is 12.2. The highest BCUT2D eigenvalue weighted by atomic mass is 16.4. The van der Waals surface area contributed by atoms with E-state index in [1.165, 1.54) is 6.92 Å². The third kappa shape index (κ3) is 1.88. The van der Waals surface area contributed by atoms with Gasteiger partial charge in [0, 0.05) is 6.20 Å². The fraction of sp³-hybridized carbons (Fsp3) is 0.308. The molecule has 0 atom stereocenters. The van der Waals surface area contributed by atoms with Gasteiger partial charge in [-0.15, -0.1) is 0 Å². The molecule has 0 unspecified atom stereocenters. The van der Waals surface area contributed by atoms with E-state index in [2.05, 4.69) is 10.3 Å².